The van der Waals surface area contributed by atoms with Crippen molar-refractivity contribution in [1.82, 2.24) is 9.97 Å². The van der Waals surface area contributed by atoms with Gasteiger partial charge < -0.3 is 0 Å². The second-order valence-corrected chi connectivity index (χ2v) is 12.4. The molecular weight excluding hydrogens is 569 g/mol. The number of fused-ring (bicyclic) bond motifs is 3. The van der Waals surface area contributed by atoms with Crippen LogP contribution >= 0.6 is 0 Å². The lowest BCUT2D eigenvalue weighted by Gasteiger charge is -2.16. The first-order valence-corrected chi connectivity index (χ1v) is 16.2. The van der Waals surface area contributed by atoms with E-state index in [-0.39, 0.29) is 0 Å². The third kappa shape index (κ3) is 5.71. The molecule has 0 unspecified atom stereocenters. The van der Waals surface area contributed by atoms with E-state index in [0.717, 1.165) is 40.3 Å². The Kier molecular flexibility index (Phi) is 7.39. The molecule has 0 atom stereocenters. The lowest BCUT2D eigenvalue weighted by molar-refractivity contribution is 1.17. The van der Waals surface area contributed by atoms with Crippen LogP contribution in [0.5, 0.6) is 0 Å². The molecule has 8 aromatic rings. The fourth-order valence-corrected chi connectivity index (χ4v) is 6.80. The molecule has 0 aliphatic carbocycles. The predicted molar refractivity (Wildman–Crippen MR) is 198 cm³/mol. The lowest BCUT2D eigenvalue weighted by Crippen LogP contribution is -1.98. The Morgan fingerprint density at radius 3 is 1.81 bits per heavy atom. The Bertz CT molecular complexity index is 2330. The first-order valence-electron chi connectivity index (χ1n) is 16.2. The quantitative estimate of drug-likeness (QED) is 0.177. The molecule has 0 amide bonds. The van der Waals surface area contributed by atoms with Gasteiger partial charge in [0.2, 0.25) is 0 Å². The van der Waals surface area contributed by atoms with Gasteiger partial charge in [-0.05, 0) is 87.8 Å². The summed E-state index contributed by atoms with van der Waals surface area (Å²) in [5.74, 6) is 0.723. The number of hydrogen-bond donors (Lipinski definition) is 0. The number of hydrogen-bond acceptors (Lipinski definition) is 2. The summed E-state index contributed by atoms with van der Waals surface area (Å²) < 4.78 is 0. The van der Waals surface area contributed by atoms with Crippen molar-refractivity contribution >= 4 is 21.5 Å². The molecule has 0 spiro atoms. The van der Waals surface area contributed by atoms with Gasteiger partial charge in [-0.2, -0.15) is 0 Å². The third-order valence-electron chi connectivity index (χ3n) is 9.06. The van der Waals surface area contributed by atoms with Crippen LogP contribution in [0.15, 0.2) is 158 Å². The monoisotopic (exact) mass is 602 g/mol. The van der Waals surface area contributed by atoms with Gasteiger partial charge in [0.1, 0.15) is 0 Å². The van der Waals surface area contributed by atoms with E-state index in [1.165, 1.54) is 54.9 Å². The van der Waals surface area contributed by atoms with Crippen molar-refractivity contribution in [3.05, 3.63) is 180 Å². The van der Waals surface area contributed by atoms with Crippen molar-refractivity contribution in [2.45, 2.75) is 20.3 Å². The highest BCUT2D eigenvalue weighted by Crippen LogP contribution is 2.35. The molecule has 47 heavy (non-hydrogen) atoms. The molecule has 8 rings (SSSR count). The number of rotatable bonds is 6. The molecule has 0 fully saturated rings. The average Bonchev–Trinajstić information content (AvgIpc) is 3.12. The van der Waals surface area contributed by atoms with Crippen LogP contribution in [0.2, 0.25) is 0 Å². The normalized spacial score (nSPS) is 11.3. The zero-order valence-electron chi connectivity index (χ0n) is 26.6. The molecule has 0 radical (unpaired) electrons. The minimum absolute atomic E-state index is 0.723. The SMILES string of the molecule is Cc1ccc(-c2cc(Cc3cc4ccccc4c4ccccc34)cc(-c3cc(-c4ccccc4)nc(-c4ccccc4)n3)c2)c(C)c1. The zero-order valence-corrected chi connectivity index (χ0v) is 26.6. The number of benzene rings is 7. The number of aromatic nitrogens is 2. The molecule has 224 valence electrons. The predicted octanol–water partition coefficient (Wildman–Crippen LogP) is 11.7. The Balaban J connectivity index is 1.34. The van der Waals surface area contributed by atoms with Gasteiger partial charge in [0.15, 0.2) is 5.82 Å². The molecule has 0 bridgehead atoms. The number of nitrogens with zero attached hydrogens (tertiary/aromatic N) is 2. The maximum atomic E-state index is 5.20. The van der Waals surface area contributed by atoms with E-state index in [2.05, 4.69) is 147 Å². The average molecular weight is 603 g/mol. The van der Waals surface area contributed by atoms with Gasteiger partial charge in [-0.1, -0.05) is 145 Å². The Labute approximate surface area is 276 Å². The van der Waals surface area contributed by atoms with Gasteiger partial charge in [0.25, 0.3) is 0 Å². The van der Waals surface area contributed by atoms with Gasteiger partial charge in [0, 0.05) is 16.7 Å². The third-order valence-corrected chi connectivity index (χ3v) is 9.06. The van der Waals surface area contributed by atoms with E-state index in [1.54, 1.807) is 0 Å². The highest BCUT2D eigenvalue weighted by Gasteiger charge is 2.15. The molecule has 1 aromatic heterocycles. The summed E-state index contributed by atoms with van der Waals surface area (Å²) in [5.41, 5.74) is 12.5. The molecule has 2 nitrogen and oxygen atoms in total. The van der Waals surface area contributed by atoms with Crippen molar-refractivity contribution in [3.63, 3.8) is 0 Å². The van der Waals surface area contributed by atoms with Crippen molar-refractivity contribution in [1.29, 1.82) is 0 Å². The Morgan fingerprint density at radius 2 is 1.06 bits per heavy atom. The topological polar surface area (TPSA) is 25.8 Å². The minimum Gasteiger partial charge on any atom is -0.228 e. The molecule has 1 heterocycles. The van der Waals surface area contributed by atoms with E-state index in [9.17, 15) is 0 Å². The van der Waals surface area contributed by atoms with E-state index in [1.807, 2.05) is 24.3 Å². The summed E-state index contributed by atoms with van der Waals surface area (Å²) in [6, 6.07) is 56.4. The van der Waals surface area contributed by atoms with Gasteiger partial charge in [-0.25, -0.2) is 9.97 Å². The Hall–Kier alpha value is -5.86. The zero-order chi connectivity index (χ0) is 31.7. The summed E-state index contributed by atoms with van der Waals surface area (Å²) in [4.78, 5) is 10.2. The fourth-order valence-electron chi connectivity index (χ4n) is 6.80. The summed E-state index contributed by atoms with van der Waals surface area (Å²) in [6.07, 6.45) is 0.805. The van der Waals surface area contributed by atoms with Crippen molar-refractivity contribution in [2.24, 2.45) is 0 Å². The molecule has 0 aliphatic heterocycles. The summed E-state index contributed by atoms with van der Waals surface area (Å²) >= 11 is 0. The van der Waals surface area contributed by atoms with Crippen LogP contribution in [0.1, 0.15) is 22.3 Å². The van der Waals surface area contributed by atoms with Gasteiger partial charge in [0.05, 0.1) is 11.4 Å². The van der Waals surface area contributed by atoms with Crippen molar-refractivity contribution in [3.8, 4) is 45.0 Å². The van der Waals surface area contributed by atoms with Crippen LogP contribution in [0.4, 0.5) is 0 Å². The maximum Gasteiger partial charge on any atom is 0.160 e. The second kappa shape index (κ2) is 12.2. The maximum absolute atomic E-state index is 5.20. The van der Waals surface area contributed by atoms with Gasteiger partial charge in [-0.3, -0.25) is 0 Å². The van der Waals surface area contributed by atoms with Crippen LogP contribution in [0.3, 0.4) is 0 Å². The smallest absolute Gasteiger partial charge is 0.160 e. The van der Waals surface area contributed by atoms with Crippen LogP contribution in [-0.2, 0) is 6.42 Å². The van der Waals surface area contributed by atoms with Crippen LogP contribution < -0.4 is 0 Å². The summed E-state index contributed by atoms with van der Waals surface area (Å²) in [6.45, 7) is 4.36. The molecule has 2 heteroatoms. The van der Waals surface area contributed by atoms with Crippen LogP contribution in [0.25, 0.3) is 66.6 Å². The van der Waals surface area contributed by atoms with Crippen molar-refractivity contribution < 1.29 is 0 Å². The molecule has 7 aromatic carbocycles. The second-order valence-electron chi connectivity index (χ2n) is 12.4. The molecular formula is C45H34N2. The molecule has 0 N–H and O–H groups in total. The molecule has 0 aliphatic rings. The standard InChI is InChI=1S/C45H34N2/c1-30-21-22-39(31(2)23-30)36-24-32(25-37-27-35-17-9-10-18-40(35)42-20-12-11-19-41(37)42)26-38(28-36)44-29-43(33-13-5-3-6-14-33)46-45(47-44)34-15-7-4-8-16-34/h3-24,26-29H,25H2,1-2H3. The Morgan fingerprint density at radius 1 is 0.447 bits per heavy atom. The van der Waals surface area contributed by atoms with E-state index in [4.69, 9.17) is 9.97 Å². The van der Waals surface area contributed by atoms with E-state index < -0.39 is 0 Å². The molecule has 0 saturated carbocycles. The first kappa shape index (κ1) is 28.6. The van der Waals surface area contributed by atoms with Crippen LogP contribution in [0, 0.1) is 13.8 Å². The highest BCUT2D eigenvalue weighted by atomic mass is 14.9. The van der Waals surface area contributed by atoms with E-state index >= 15 is 0 Å². The highest BCUT2D eigenvalue weighted by molar-refractivity contribution is 6.09. The summed E-state index contributed by atoms with van der Waals surface area (Å²) in [5, 5.41) is 5.15. The van der Waals surface area contributed by atoms with E-state index in [0.29, 0.717) is 0 Å². The largest absolute Gasteiger partial charge is 0.228 e. The fraction of sp³-hybridized carbons (Fsp3) is 0.0667. The van der Waals surface area contributed by atoms with Crippen molar-refractivity contribution in [2.75, 3.05) is 0 Å². The minimum atomic E-state index is 0.723. The molecule has 0 saturated heterocycles. The lowest BCUT2D eigenvalue weighted by atomic mass is 9.90. The summed E-state index contributed by atoms with van der Waals surface area (Å²) in [7, 11) is 0. The number of aryl methyl sites for hydroxylation is 2. The van der Waals surface area contributed by atoms with Crippen LogP contribution in [-0.4, -0.2) is 9.97 Å². The van der Waals surface area contributed by atoms with Gasteiger partial charge in [-0.15, -0.1) is 0 Å². The first-order chi connectivity index (χ1) is 23.1. The van der Waals surface area contributed by atoms with Gasteiger partial charge >= 0.3 is 0 Å².